The van der Waals surface area contributed by atoms with Crippen LogP contribution in [0.15, 0.2) is 47.1 Å². The summed E-state index contributed by atoms with van der Waals surface area (Å²) >= 11 is 0. The summed E-state index contributed by atoms with van der Waals surface area (Å²) in [4.78, 5) is 49.6. The summed E-state index contributed by atoms with van der Waals surface area (Å²) in [5, 5.41) is 9.49. The van der Waals surface area contributed by atoms with Crippen LogP contribution in [0.5, 0.6) is 0 Å². The third-order valence-electron chi connectivity index (χ3n) is 7.70. The molecule has 2 saturated heterocycles. The number of carbonyl (C=O) groups is 4. The highest BCUT2D eigenvalue weighted by Crippen LogP contribution is 2.58. The second-order valence-electron chi connectivity index (χ2n) is 9.82. The zero-order valence-electron chi connectivity index (χ0n) is 21.4. The molecule has 10 heteroatoms. The Labute approximate surface area is 214 Å². The molecule has 2 heterocycles. The Balaban J connectivity index is 1.65. The maximum atomic E-state index is 13.0. The SMILES string of the molecule is C=C1C(=O)OC2C1C(OC(=O)/C(=C/C)COC(C)=O)CC1(CO1)C1C(OC(=O)/C(=C/C)CO)C=C(C)C21. The van der Waals surface area contributed by atoms with Crippen molar-refractivity contribution in [3.8, 4) is 0 Å². The fourth-order valence-electron chi connectivity index (χ4n) is 5.75. The van der Waals surface area contributed by atoms with E-state index in [0.717, 1.165) is 5.57 Å². The molecule has 10 nitrogen and oxygen atoms in total. The maximum absolute atomic E-state index is 13.0. The quantitative estimate of drug-likeness (QED) is 0.175. The van der Waals surface area contributed by atoms with Crippen molar-refractivity contribution < 1.29 is 48.0 Å². The maximum Gasteiger partial charge on any atom is 0.337 e. The van der Waals surface area contributed by atoms with Crippen LogP contribution in [0.2, 0.25) is 0 Å². The standard InChI is InChI=1S/C27H32O10/c1-6-16(10-28)25(31)35-18-8-13(3)20-22(18)27(12-34-27)9-19(21-14(4)24(30)37-23(20)21)36-26(32)17(7-2)11-33-15(5)29/h6-8,18-23,28H,4,9-12H2,1-3,5H3/b16-6+,17-7+. The van der Waals surface area contributed by atoms with E-state index in [0.29, 0.717) is 6.61 Å². The van der Waals surface area contributed by atoms with Crippen LogP contribution in [0.1, 0.15) is 34.1 Å². The number of rotatable bonds is 7. The van der Waals surface area contributed by atoms with Crippen molar-refractivity contribution in [1.29, 1.82) is 0 Å². The predicted octanol–water partition coefficient (Wildman–Crippen LogP) is 1.72. The van der Waals surface area contributed by atoms with Gasteiger partial charge in [-0.2, -0.15) is 0 Å². The number of carbonyl (C=O) groups excluding carboxylic acids is 4. The Hall–Kier alpha value is -3.24. The highest BCUT2D eigenvalue weighted by Gasteiger charge is 2.68. The van der Waals surface area contributed by atoms with E-state index in [1.54, 1.807) is 13.8 Å². The molecule has 0 amide bonds. The van der Waals surface area contributed by atoms with E-state index in [1.807, 2.05) is 13.0 Å². The highest BCUT2D eigenvalue weighted by molar-refractivity contribution is 5.92. The fraction of sp³-hybridized carbons (Fsp3) is 0.556. The van der Waals surface area contributed by atoms with Crippen molar-refractivity contribution >= 4 is 23.9 Å². The third kappa shape index (κ3) is 4.87. The molecule has 2 aliphatic heterocycles. The van der Waals surface area contributed by atoms with Crippen LogP contribution in [-0.4, -0.2) is 72.7 Å². The van der Waals surface area contributed by atoms with Gasteiger partial charge in [-0.25, -0.2) is 14.4 Å². The molecule has 0 radical (unpaired) electrons. The largest absolute Gasteiger partial charge is 0.461 e. The van der Waals surface area contributed by atoms with E-state index in [-0.39, 0.29) is 35.7 Å². The summed E-state index contributed by atoms with van der Waals surface area (Å²) in [6, 6.07) is 0. The van der Waals surface area contributed by atoms with Gasteiger partial charge < -0.3 is 28.8 Å². The molecule has 7 atom stereocenters. The zero-order chi connectivity index (χ0) is 27.1. The van der Waals surface area contributed by atoms with Gasteiger partial charge in [0.05, 0.1) is 30.3 Å². The smallest absolute Gasteiger partial charge is 0.337 e. The van der Waals surface area contributed by atoms with E-state index in [2.05, 4.69) is 6.58 Å². The number of hydrogen-bond donors (Lipinski definition) is 1. The van der Waals surface area contributed by atoms with Gasteiger partial charge in [0, 0.05) is 30.8 Å². The molecule has 0 bridgehead atoms. The predicted molar refractivity (Wildman–Crippen MR) is 128 cm³/mol. The van der Waals surface area contributed by atoms with E-state index >= 15 is 0 Å². The van der Waals surface area contributed by atoms with Crippen LogP contribution in [0, 0.1) is 17.8 Å². The Morgan fingerprint density at radius 2 is 1.81 bits per heavy atom. The summed E-state index contributed by atoms with van der Waals surface area (Å²) in [7, 11) is 0. The first-order valence-electron chi connectivity index (χ1n) is 12.3. The van der Waals surface area contributed by atoms with Gasteiger partial charge >= 0.3 is 23.9 Å². The van der Waals surface area contributed by atoms with E-state index < -0.39 is 66.2 Å². The van der Waals surface area contributed by atoms with E-state index in [1.165, 1.54) is 19.1 Å². The second kappa shape index (κ2) is 10.3. The van der Waals surface area contributed by atoms with Crippen molar-refractivity contribution in [1.82, 2.24) is 0 Å². The number of aliphatic hydroxyl groups excluding tert-OH is 1. The number of hydrogen-bond acceptors (Lipinski definition) is 10. The zero-order valence-corrected chi connectivity index (χ0v) is 21.4. The van der Waals surface area contributed by atoms with Crippen molar-refractivity contribution in [3.05, 3.63) is 47.1 Å². The van der Waals surface area contributed by atoms with Crippen molar-refractivity contribution in [2.45, 2.75) is 58.0 Å². The minimum absolute atomic E-state index is 0.130. The number of fused-ring (bicyclic) bond motifs is 4. The molecule has 0 aromatic carbocycles. The Bertz CT molecular complexity index is 1110. The average molecular weight is 517 g/mol. The summed E-state index contributed by atoms with van der Waals surface area (Å²) in [6.07, 6.45) is 2.84. The van der Waals surface area contributed by atoms with Crippen LogP contribution < -0.4 is 0 Å². The molecule has 3 fully saturated rings. The molecule has 4 aliphatic rings. The van der Waals surface area contributed by atoms with Gasteiger partial charge in [-0.15, -0.1) is 0 Å². The number of allylic oxidation sites excluding steroid dienone is 2. The van der Waals surface area contributed by atoms with Gasteiger partial charge in [0.2, 0.25) is 0 Å². The van der Waals surface area contributed by atoms with Crippen LogP contribution in [0.3, 0.4) is 0 Å². The molecule has 1 spiro atoms. The van der Waals surface area contributed by atoms with Gasteiger partial charge in [0.1, 0.15) is 30.5 Å². The number of aliphatic hydroxyl groups is 1. The lowest BCUT2D eigenvalue weighted by atomic mass is 9.77. The lowest BCUT2D eigenvalue weighted by molar-refractivity contribution is -0.151. The van der Waals surface area contributed by atoms with Crippen LogP contribution >= 0.6 is 0 Å². The van der Waals surface area contributed by atoms with Gasteiger partial charge in [0.15, 0.2) is 0 Å². The summed E-state index contributed by atoms with van der Waals surface area (Å²) in [5.41, 5.74) is 0.560. The first-order valence-corrected chi connectivity index (χ1v) is 12.3. The summed E-state index contributed by atoms with van der Waals surface area (Å²) in [5.74, 6) is -3.83. The Kier molecular flexibility index (Phi) is 7.43. The molecular weight excluding hydrogens is 484 g/mol. The normalized spacial score (nSPS) is 34.7. The first kappa shape index (κ1) is 26.8. The second-order valence-corrected chi connectivity index (χ2v) is 9.82. The average Bonchev–Trinajstić information content (AvgIpc) is 3.47. The molecule has 0 aromatic rings. The fourth-order valence-corrected chi connectivity index (χ4v) is 5.75. The van der Waals surface area contributed by atoms with Gasteiger partial charge in [0.25, 0.3) is 0 Å². The lowest BCUT2D eigenvalue weighted by Gasteiger charge is -2.31. The van der Waals surface area contributed by atoms with Crippen LogP contribution in [0.4, 0.5) is 0 Å². The molecule has 37 heavy (non-hydrogen) atoms. The Morgan fingerprint density at radius 1 is 1.16 bits per heavy atom. The van der Waals surface area contributed by atoms with Gasteiger partial charge in [-0.05, 0) is 26.8 Å². The van der Waals surface area contributed by atoms with Gasteiger partial charge in [-0.3, -0.25) is 4.79 Å². The topological polar surface area (TPSA) is 138 Å². The molecule has 7 unspecified atom stereocenters. The van der Waals surface area contributed by atoms with Gasteiger partial charge in [-0.1, -0.05) is 24.3 Å². The highest BCUT2D eigenvalue weighted by atomic mass is 16.6. The third-order valence-corrected chi connectivity index (χ3v) is 7.70. The van der Waals surface area contributed by atoms with E-state index in [9.17, 15) is 24.3 Å². The van der Waals surface area contributed by atoms with Crippen LogP contribution in [0.25, 0.3) is 0 Å². The van der Waals surface area contributed by atoms with Crippen molar-refractivity contribution in [2.24, 2.45) is 17.8 Å². The molecule has 200 valence electrons. The Morgan fingerprint density at radius 3 is 2.38 bits per heavy atom. The minimum atomic E-state index is -0.815. The molecular formula is C27H32O10. The van der Waals surface area contributed by atoms with Crippen molar-refractivity contribution in [2.75, 3.05) is 19.8 Å². The van der Waals surface area contributed by atoms with Crippen molar-refractivity contribution in [3.63, 3.8) is 0 Å². The lowest BCUT2D eigenvalue weighted by Crippen LogP contribution is -2.41. The number of epoxide rings is 1. The number of esters is 4. The first-order chi connectivity index (χ1) is 17.6. The molecule has 0 aromatic heterocycles. The minimum Gasteiger partial charge on any atom is -0.461 e. The van der Waals surface area contributed by atoms with Crippen LogP contribution in [-0.2, 0) is 42.9 Å². The summed E-state index contributed by atoms with van der Waals surface area (Å²) < 4.78 is 28.4. The molecule has 2 aliphatic carbocycles. The molecule has 4 rings (SSSR count). The number of ether oxygens (including phenoxy) is 5. The van der Waals surface area contributed by atoms with E-state index in [4.69, 9.17) is 23.7 Å². The monoisotopic (exact) mass is 516 g/mol. The molecule has 1 saturated carbocycles. The summed E-state index contributed by atoms with van der Waals surface area (Å²) in [6.45, 7) is 9.96. The molecule has 1 N–H and O–H groups in total.